The predicted molar refractivity (Wildman–Crippen MR) is 99.8 cm³/mol. The molecule has 1 aromatic carbocycles. The molecule has 0 radical (unpaired) electrons. The third-order valence-corrected chi connectivity index (χ3v) is 4.72. The number of H-pyrrole nitrogens is 1. The van der Waals surface area contributed by atoms with Crippen LogP contribution in [0.4, 0.5) is 0 Å². The zero-order chi connectivity index (χ0) is 17.6. The molecule has 3 heteroatoms. The Labute approximate surface area is 144 Å². The maximum absolute atomic E-state index is 12.5. The Kier molecular flexibility index (Phi) is 6.24. The lowest BCUT2D eigenvalue weighted by molar-refractivity contribution is 0.423. The molecular formula is C21H29NO2. The fourth-order valence-electron chi connectivity index (χ4n) is 3.04. The van der Waals surface area contributed by atoms with Crippen molar-refractivity contribution in [2.75, 3.05) is 0 Å². The van der Waals surface area contributed by atoms with Crippen LogP contribution in [-0.2, 0) is 11.8 Å². The molecule has 24 heavy (non-hydrogen) atoms. The first-order valence-electron chi connectivity index (χ1n) is 8.93. The van der Waals surface area contributed by atoms with Crippen molar-refractivity contribution in [1.29, 1.82) is 0 Å². The summed E-state index contributed by atoms with van der Waals surface area (Å²) in [6, 6.07) is 11.5. The minimum atomic E-state index is -0.185. The quantitative estimate of drug-likeness (QED) is 0.676. The van der Waals surface area contributed by atoms with E-state index in [4.69, 9.17) is 0 Å². The Bertz CT molecular complexity index is 702. The SMILES string of the molecule is CCCCCCC(C)(C)c1cc(O)c(Cc2ccccc2)c(=O)[nH]1. The zero-order valence-electron chi connectivity index (χ0n) is 15.1. The number of rotatable bonds is 8. The molecule has 2 rings (SSSR count). The summed E-state index contributed by atoms with van der Waals surface area (Å²) >= 11 is 0. The average Bonchev–Trinajstić information content (AvgIpc) is 2.56. The van der Waals surface area contributed by atoms with Crippen LogP contribution in [0.1, 0.15) is 69.7 Å². The largest absolute Gasteiger partial charge is 0.507 e. The second-order valence-corrected chi connectivity index (χ2v) is 7.23. The van der Waals surface area contributed by atoms with Crippen molar-refractivity contribution in [1.82, 2.24) is 4.98 Å². The molecule has 130 valence electrons. The highest BCUT2D eigenvalue weighted by Gasteiger charge is 2.23. The minimum absolute atomic E-state index is 0.0965. The summed E-state index contributed by atoms with van der Waals surface area (Å²) in [5.74, 6) is 0.0965. The molecule has 0 aliphatic rings. The molecule has 2 N–H and O–H groups in total. The molecule has 0 atom stereocenters. The molecule has 0 aliphatic carbocycles. The van der Waals surface area contributed by atoms with Gasteiger partial charge in [0.25, 0.3) is 5.56 Å². The topological polar surface area (TPSA) is 53.1 Å². The highest BCUT2D eigenvalue weighted by Crippen LogP contribution is 2.30. The molecule has 0 saturated carbocycles. The van der Waals surface area contributed by atoms with E-state index in [1.165, 1.54) is 19.3 Å². The van der Waals surface area contributed by atoms with Gasteiger partial charge in [0.2, 0.25) is 0 Å². The molecule has 1 aromatic heterocycles. The first-order chi connectivity index (χ1) is 11.4. The highest BCUT2D eigenvalue weighted by molar-refractivity contribution is 5.37. The first-order valence-corrected chi connectivity index (χ1v) is 8.93. The smallest absolute Gasteiger partial charge is 0.255 e. The Morgan fingerprint density at radius 3 is 2.42 bits per heavy atom. The summed E-state index contributed by atoms with van der Waals surface area (Å²) in [7, 11) is 0. The van der Waals surface area contributed by atoms with Crippen molar-refractivity contribution in [3.63, 3.8) is 0 Å². The van der Waals surface area contributed by atoms with Crippen molar-refractivity contribution in [3.05, 3.63) is 63.6 Å². The second-order valence-electron chi connectivity index (χ2n) is 7.23. The lowest BCUT2D eigenvalue weighted by Crippen LogP contribution is -2.24. The number of aromatic amines is 1. The number of aromatic hydroxyl groups is 1. The van der Waals surface area contributed by atoms with E-state index in [0.717, 1.165) is 24.1 Å². The second kappa shape index (κ2) is 8.18. The molecule has 2 aromatic rings. The van der Waals surface area contributed by atoms with E-state index in [-0.39, 0.29) is 16.7 Å². The van der Waals surface area contributed by atoms with Crippen molar-refractivity contribution in [2.24, 2.45) is 0 Å². The molecular weight excluding hydrogens is 298 g/mol. The summed E-state index contributed by atoms with van der Waals surface area (Å²) in [6.45, 7) is 6.45. The van der Waals surface area contributed by atoms with Crippen LogP contribution in [0.25, 0.3) is 0 Å². The van der Waals surface area contributed by atoms with Gasteiger partial charge in [-0.15, -0.1) is 0 Å². The first kappa shape index (κ1) is 18.3. The van der Waals surface area contributed by atoms with Crippen LogP contribution < -0.4 is 5.56 Å². The van der Waals surface area contributed by atoms with E-state index in [0.29, 0.717) is 12.0 Å². The van der Waals surface area contributed by atoms with Gasteiger partial charge in [0.1, 0.15) is 5.75 Å². The fourth-order valence-corrected chi connectivity index (χ4v) is 3.04. The summed E-state index contributed by atoms with van der Waals surface area (Å²) in [4.78, 5) is 15.5. The van der Waals surface area contributed by atoms with Gasteiger partial charge in [-0.3, -0.25) is 4.79 Å². The van der Waals surface area contributed by atoms with E-state index in [9.17, 15) is 9.90 Å². The van der Waals surface area contributed by atoms with Crippen LogP contribution in [0.15, 0.2) is 41.2 Å². The Morgan fingerprint density at radius 1 is 1.08 bits per heavy atom. The predicted octanol–water partition coefficient (Wildman–Crippen LogP) is 4.92. The molecule has 0 aliphatic heterocycles. The Morgan fingerprint density at radius 2 is 1.79 bits per heavy atom. The summed E-state index contributed by atoms with van der Waals surface area (Å²) in [5, 5.41) is 10.4. The van der Waals surface area contributed by atoms with Crippen molar-refractivity contribution < 1.29 is 5.11 Å². The molecule has 0 fully saturated rings. The van der Waals surface area contributed by atoms with Gasteiger partial charge in [-0.2, -0.15) is 0 Å². The highest BCUT2D eigenvalue weighted by atomic mass is 16.3. The van der Waals surface area contributed by atoms with Gasteiger partial charge in [0.15, 0.2) is 0 Å². The van der Waals surface area contributed by atoms with E-state index in [1.807, 2.05) is 30.3 Å². The van der Waals surface area contributed by atoms with Crippen molar-refractivity contribution >= 4 is 0 Å². The van der Waals surface area contributed by atoms with Crippen LogP contribution in [0, 0.1) is 0 Å². The minimum Gasteiger partial charge on any atom is -0.507 e. The maximum atomic E-state index is 12.5. The summed E-state index contributed by atoms with van der Waals surface area (Å²) in [5.41, 5.74) is 1.95. The fraction of sp³-hybridized carbons (Fsp3) is 0.476. The maximum Gasteiger partial charge on any atom is 0.255 e. The molecule has 0 spiro atoms. The third kappa shape index (κ3) is 4.73. The van der Waals surface area contributed by atoms with Crippen LogP contribution in [0.2, 0.25) is 0 Å². The molecule has 0 saturated heterocycles. The summed E-state index contributed by atoms with van der Waals surface area (Å²) < 4.78 is 0. The number of aromatic nitrogens is 1. The molecule has 0 amide bonds. The lowest BCUT2D eigenvalue weighted by atomic mass is 9.82. The van der Waals surface area contributed by atoms with Gasteiger partial charge in [-0.25, -0.2) is 0 Å². The van der Waals surface area contributed by atoms with Crippen LogP contribution in [0.5, 0.6) is 5.75 Å². The van der Waals surface area contributed by atoms with E-state index >= 15 is 0 Å². The summed E-state index contributed by atoms with van der Waals surface area (Å²) in [6.07, 6.45) is 6.25. The van der Waals surface area contributed by atoms with Crippen LogP contribution in [0.3, 0.4) is 0 Å². The number of unbranched alkanes of at least 4 members (excludes halogenated alkanes) is 3. The van der Waals surface area contributed by atoms with Crippen molar-refractivity contribution in [3.8, 4) is 5.75 Å². The van der Waals surface area contributed by atoms with E-state index in [1.54, 1.807) is 6.07 Å². The lowest BCUT2D eigenvalue weighted by Gasteiger charge is -2.25. The van der Waals surface area contributed by atoms with E-state index in [2.05, 4.69) is 25.8 Å². The van der Waals surface area contributed by atoms with Crippen molar-refractivity contribution in [2.45, 2.75) is 64.7 Å². The molecule has 3 nitrogen and oxygen atoms in total. The number of hydrogen-bond acceptors (Lipinski definition) is 2. The van der Waals surface area contributed by atoms with Gasteiger partial charge in [0, 0.05) is 23.6 Å². The van der Waals surface area contributed by atoms with E-state index < -0.39 is 0 Å². The number of hydrogen-bond donors (Lipinski definition) is 2. The van der Waals surface area contributed by atoms with Crippen LogP contribution in [-0.4, -0.2) is 10.1 Å². The normalized spacial score (nSPS) is 11.6. The number of nitrogens with one attached hydrogen (secondary N) is 1. The standard InChI is InChI=1S/C21H29NO2/c1-4-5-6-10-13-21(2,3)19-15-18(23)17(20(24)22-19)14-16-11-8-7-9-12-16/h7-9,11-12,15H,4-6,10,13-14H2,1-3H3,(H2,22,23,24). The van der Waals surface area contributed by atoms with Gasteiger partial charge in [-0.1, -0.05) is 76.8 Å². The van der Waals surface area contributed by atoms with Gasteiger partial charge in [-0.05, 0) is 12.0 Å². The Balaban J connectivity index is 2.18. The number of pyridine rings is 1. The van der Waals surface area contributed by atoms with Gasteiger partial charge >= 0.3 is 0 Å². The number of benzene rings is 1. The average molecular weight is 327 g/mol. The van der Waals surface area contributed by atoms with Crippen LogP contribution >= 0.6 is 0 Å². The zero-order valence-corrected chi connectivity index (χ0v) is 15.1. The molecule has 0 unspecified atom stereocenters. The Hall–Kier alpha value is -2.03. The molecule has 1 heterocycles. The third-order valence-electron chi connectivity index (χ3n) is 4.72. The molecule has 0 bridgehead atoms. The van der Waals surface area contributed by atoms with Gasteiger partial charge < -0.3 is 10.1 Å². The van der Waals surface area contributed by atoms with Gasteiger partial charge in [0.05, 0.1) is 5.56 Å². The monoisotopic (exact) mass is 327 g/mol.